The normalized spacial score (nSPS) is 17.4. The van der Waals surface area contributed by atoms with E-state index in [4.69, 9.17) is 10.7 Å². The molecule has 0 radical (unpaired) electrons. The number of rotatable bonds is 4. The fraction of sp³-hybridized carbons (Fsp3) is 0.538. The maximum atomic E-state index is 5.87. The largest absolute Gasteiger partial charge is 0.326 e. The SMILES string of the molecule is NCc1cc2c(nc1Sc1nnnn1C1CC1)CCC2. The first kappa shape index (κ1) is 12.3. The molecule has 104 valence electrons. The number of fused-ring (bicyclic) bond motifs is 1. The summed E-state index contributed by atoms with van der Waals surface area (Å²) in [6.45, 7) is 0.508. The molecule has 0 amide bonds. The van der Waals surface area contributed by atoms with Gasteiger partial charge < -0.3 is 5.73 Å². The molecule has 0 spiro atoms. The van der Waals surface area contributed by atoms with Crippen molar-refractivity contribution in [2.45, 2.75) is 54.9 Å². The third kappa shape index (κ3) is 2.10. The Hall–Kier alpha value is -1.47. The van der Waals surface area contributed by atoms with Crippen molar-refractivity contribution in [1.82, 2.24) is 25.2 Å². The van der Waals surface area contributed by atoms with Gasteiger partial charge in [0.25, 0.3) is 0 Å². The fourth-order valence-corrected chi connectivity index (χ4v) is 3.58. The summed E-state index contributed by atoms with van der Waals surface area (Å²) in [5.41, 5.74) is 9.55. The highest BCUT2D eigenvalue weighted by Crippen LogP contribution is 2.38. The summed E-state index contributed by atoms with van der Waals surface area (Å²) < 4.78 is 1.92. The molecule has 2 aromatic heterocycles. The van der Waals surface area contributed by atoms with Crippen LogP contribution < -0.4 is 5.73 Å². The van der Waals surface area contributed by atoms with E-state index >= 15 is 0 Å². The number of hydrogen-bond acceptors (Lipinski definition) is 6. The average Bonchev–Trinajstić information content (AvgIpc) is 3.03. The summed E-state index contributed by atoms with van der Waals surface area (Å²) in [5, 5.41) is 13.8. The zero-order valence-electron chi connectivity index (χ0n) is 11.1. The second-order valence-corrected chi connectivity index (χ2v) is 6.31. The minimum atomic E-state index is 0.475. The van der Waals surface area contributed by atoms with Gasteiger partial charge in [-0.1, -0.05) is 6.07 Å². The van der Waals surface area contributed by atoms with E-state index in [-0.39, 0.29) is 0 Å². The highest BCUT2D eigenvalue weighted by molar-refractivity contribution is 7.99. The molecular formula is C13H16N6S. The lowest BCUT2D eigenvalue weighted by atomic mass is 10.1. The van der Waals surface area contributed by atoms with Crippen molar-refractivity contribution < 1.29 is 0 Å². The van der Waals surface area contributed by atoms with E-state index in [0.717, 1.165) is 28.6 Å². The molecule has 20 heavy (non-hydrogen) atoms. The molecule has 0 bridgehead atoms. The number of nitrogens with zero attached hydrogens (tertiary/aromatic N) is 5. The van der Waals surface area contributed by atoms with Gasteiger partial charge in [0, 0.05) is 12.2 Å². The van der Waals surface area contributed by atoms with Crippen LogP contribution in [-0.2, 0) is 19.4 Å². The van der Waals surface area contributed by atoms with Gasteiger partial charge in [-0.15, -0.1) is 5.10 Å². The molecule has 0 saturated heterocycles. The van der Waals surface area contributed by atoms with Crippen molar-refractivity contribution in [1.29, 1.82) is 0 Å². The maximum Gasteiger partial charge on any atom is 0.215 e. The van der Waals surface area contributed by atoms with Gasteiger partial charge in [0.1, 0.15) is 5.03 Å². The topological polar surface area (TPSA) is 82.5 Å². The van der Waals surface area contributed by atoms with Crippen molar-refractivity contribution in [2.24, 2.45) is 5.73 Å². The lowest BCUT2D eigenvalue weighted by molar-refractivity contribution is 0.565. The average molecular weight is 288 g/mol. The number of aromatic nitrogens is 5. The van der Waals surface area contributed by atoms with Crippen LogP contribution in [-0.4, -0.2) is 25.2 Å². The molecule has 2 aliphatic rings. The van der Waals surface area contributed by atoms with Gasteiger partial charge in [-0.3, -0.25) is 0 Å². The molecule has 0 atom stereocenters. The summed E-state index contributed by atoms with van der Waals surface area (Å²) in [5.74, 6) is 0. The van der Waals surface area contributed by atoms with Crippen LogP contribution in [0.15, 0.2) is 16.2 Å². The highest BCUT2D eigenvalue weighted by atomic mass is 32.2. The molecule has 0 unspecified atom stereocenters. The van der Waals surface area contributed by atoms with Gasteiger partial charge in [-0.25, -0.2) is 9.67 Å². The van der Waals surface area contributed by atoms with E-state index in [1.165, 1.54) is 30.5 Å². The summed E-state index contributed by atoms with van der Waals surface area (Å²) in [6, 6.07) is 2.69. The van der Waals surface area contributed by atoms with E-state index in [9.17, 15) is 0 Å². The van der Waals surface area contributed by atoms with E-state index in [1.807, 2.05) is 4.68 Å². The van der Waals surface area contributed by atoms with E-state index in [2.05, 4.69) is 21.6 Å². The highest BCUT2D eigenvalue weighted by Gasteiger charge is 2.28. The molecule has 2 aromatic rings. The second kappa shape index (κ2) is 4.82. The van der Waals surface area contributed by atoms with Crippen LogP contribution in [0.25, 0.3) is 0 Å². The van der Waals surface area contributed by atoms with Gasteiger partial charge in [0.15, 0.2) is 0 Å². The van der Waals surface area contributed by atoms with Crippen molar-refractivity contribution in [3.05, 3.63) is 22.9 Å². The summed E-state index contributed by atoms with van der Waals surface area (Å²) in [4.78, 5) is 4.79. The van der Waals surface area contributed by atoms with Crippen LogP contribution in [0.4, 0.5) is 0 Å². The van der Waals surface area contributed by atoms with Crippen LogP contribution in [0.2, 0.25) is 0 Å². The van der Waals surface area contributed by atoms with Gasteiger partial charge in [0.05, 0.1) is 6.04 Å². The minimum Gasteiger partial charge on any atom is -0.326 e. The smallest absolute Gasteiger partial charge is 0.215 e. The van der Waals surface area contributed by atoms with Gasteiger partial charge in [-0.05, 0) is 65.4 Å². The third-order valence-electron chi connectivity index (χ3n) is 3.85. The molecule has 0 aliphatic heterocycles. The van der Waals surface area contributed by atoms with E-state index in [0.29, 0.717) is 12.6 Å². The predicted molar refractivity (Wildman–Crippen MR) is 74.4 cm³/mol. The molecule has 1 fully saturated rings. The Morgan fingerprint density at radius 2 is 2.25 bits per heavy atom. The first-order chi connectivity index (χ1) is 9.85. The zero-order valence-corrected chi connectivity index (χ0v) is 11.9. The van der Waals surface area contributed by atoms with Crippen molar-refractivity contribution in [3.63, 3.8) is 0 Å². The quantitative estimate of drug-likeness (QED) is 0.918. The maximum absolute atomic E-state index is 5.87. The van der Waals surface area contributed by atoms with Crippen molar-refractivity contribution in [3.8, 4) is 0 Å². The second-order valence-electron chi connectivity index (χ2n) is 5.36. The lowest BCUT2D eigenvalue weighted by Gasteiger charge is -2.09. The Bertz CT molecular complexity index is 648. The van der Waals surface area contributed by atoms with Gasteiger partial charge >= 0.3 is 0 Å². The zero-order chi connectivity index (χ0) is 13.5. The fourth-order valence-electron chi connectivity index (χ4n) is 2.62. The molecule has 4 rings (SSSR count). The van der Waals surface area contributed by atoms with Gasteiger partial charge in [0.2, 0.25) is 5.16 Å². The Balaban J connectivity index is 1.69. The third-order valence-corrected chi connectivity index (χ3v) is 4.85. The molecule has 2 aliphatic carbocycles. The molecular weight excluding hydrogens is 272 g/mol. The standard InChI is InChI=1S/C13H16N6S/c14-7-9-6-8-2-1-3-11(8)15-12(9)20-13-16-17-18-19(13)10-4-5-10/h6,10H,1-5,7,14H2. The predicted octanol–water partition coefficient (Wildman–Crippen LogP) is 1.50. The van der Waals surface area contributed by atoms with Crippen molar-refractivity contribution in [2.75, 3.05) is 0 Å². The summed E-state index contributed by atoms with van der Waals surface area (Å²) in [7, 11) is 0. The number of aryl methyl sites for hydroxylation is 2. The van der Waals surface area contributed by atoms with Crippen LogP contribution in [0.1, 0.15) is 42.1 Å². The van der Waals surface area contributed by atoms with Crippen LogP contribution >= 0.6 is 11.8 Å². The van der Waals surface area contributed by atoms with E-state index < -0.39 is 0 Å². The Kier molecular flexibility index (Phi) is 2.96. The van der Waals surface area contributed by atoms with Crippen molar-refractivity contribution >= 4 is 11.8 Å². The van der Waals surface area contributed by atoms with Crippen LogP contribution in [0, 0.1) is 0 Å². The number of pyridine rings is 1. The molecule has 2 heterocycles. The number of tetrazole rings is 1. The summed E-state index contributed by atoms with van der Waals surface area (Å²) in [6.07, 6.45) is 5.72. The molecule has 2 N–H and O–H groups in total. The number of hydrogen-bond donors (Lipinski definition) is 1. The molecule has 0 aromatic carbocycles. The first-order valence-corrected chi connectivity index (χ1v) is 7.84. The van der Waals surface area contributed by atoms with Gasteiger partial charge in [-0.2, -0.15) is 0 Å². The molecule has 6 nitrogen and oxygen atoms in total. The lowest BCUT2D eigenvalue weighted by Crippen LogP contribution is -2.05. The number of nitrogens with two attached hydrogens (primary N) is 1. The first-order valence-electron chi connectivity index (χ1n) is 7.02. The van der Waals surface area contributed by atoms with Crippen LogP contribution in [0.5, 0.6) is 0 Å². The van der Waals surface area contributed by atoms with Crippen LogP contribution in [0.3, 0.4) is 0 Å². The Labute approximate surface area is 121 Å². The molecule has 7 heteroatoms. The molecule has 1 saturated carbocycles. The minimum absolute atomic E-state index is 0.475. The Morgan fingerprint density at radius 1 is 1.35 bits per heavy atom. The summed E-state index contributed by atoms with van der Waals surface area (Å²) >= 11 is 1.54. The van der Waals surface area contributed by atoms with E-state index in [1.54, 1.807) is 11.8 Å². The monoisotopic (exact) mass is 288 g/mol. The Morgan fingerprint density at radius 3 is 3.05 bits per heavy atom.